The van der Waals surface area contributed by atoms with Crippen molar-refractivity contribution in [2.45, 2.75) is 5.75 Å². The van der Waals surface area contributed by atoms with Crippen molar-refractivity contribution >= 4 is 16.5 Å². The molecule has 0 fully saturated rings. The largest absolute Gasteiger partial charge is 0.315 e. The quantitative estimate of drug-likeness (QED) is 0.225. The summed E-state index contributed by atoms with van der Waals surface area (Å²) in [6.07, 6.45) is 0. The molecule has 0 bridgehead atoms. The van der Waals surface area contributed by atoms with E-state index in [4.69, 9.17) is 5.84 Å². The molecular weight excluding hydrogens is 156 g/mol. The maximum absolute atomic E-state index is 4.90. The van der Waals surface area contributed by atoms with Crippen molar-refractivity contribution in [1.29, 1.82) is 0 Å². The first-order valence-electron chi connectivity index (χ1n) is 3.29. The Morgan fingerprint density at radius 1 is 1.36 bits per heavy atom. The fourth-order valence-electron chi connectivity index (χ4n) is 0.751. The van der Waals surface area contributed by atoms with Crippen LogP contribution >= 0.6 is 11.4 Å². The van der Waals surface area contributed by atoms with Gasteiger partial charge in [-0.2, -0.15) is 0 Å². The van der Waals surface area contributed by atoms with Crippen molar-refractivity contribution in [3.8, 4) is 0 Å². The van der Waals surface area contributed by atoms with E-state index in [1.165, 1.54) is 5.56 Å². The van der Waals surface area contributed by atoms with Gasteiger partial charge in [-0.3, -0.25) is 0 Å². The lowest BCUT2D eigenvalue weighted by Crippen LogP contribution is -1.76. The lowest BCUT2D eigenvalue weighted by molar-refractivity contribution is 1.28. The molecule has 1 aromatic rings. The van der Waals surface area contributed by atoms with Gasteiger partial charge >= 0.3 is 0 Å². The smallest absolute Gasteiger partial charge is 0.0353 e. The second-order valence-electron chi connectivity index (χ2n) is 2.03. The second-order valence-corrected chi connectivity index (χ2v) is 2.86. The van der Waals surface area contributed by atoms with Gasteiger partial charge in [0.15, 0.2) is 0 Å². The second kappa shape index (κ2) is 4.72. The molecule has 0 saturated carbocycles. The van der Waals surface area contributed by atoms with Gasteiger partial charge < -0.3 is 5.84 Å². The summed E-state index contributed by atoms with van der Waals surface area (Å²) in [5, 5.41) is 5.96. The summed E-state index contributed by atoms with van der Waals surface area (Å²) in [6, 6.07) is 10.2. The molecule has 0 heterocycles. The van der Waals surface area contributed by atoms with Crippen molar-refractivity contribution in [2.24, 2.45) is 10.9 Å². The number of isothiocyanates is 1. The molecular formula is C8H10N2S. The molecule has 58 valence electrons. The van der Waals surface area contributed by atoms with Gasteiger partial charge in [0.05, 0.1) is 0 Å². The van der Waals surface area contributed by atoms with E-state index in [0.717, 1.165) is 17.1 Å². The van der Waals surface area contributed by atoms with Crippen molar-refractivity contribution in [3.63, 3.8) is 0 Å². The number of nitrogens with zero attached hydrogens (tertiary/aromatic N) is 1. The van der Waals surface area contributed by atoms with E-state index >= 15 is 0 Å². The molecule has 0 saturated heterocycles. The topological polar surface area (TPSA) is 38.4 Å². The first kappa shape index (κ1) is 8.05. The van der Waals surface area contributed by atoms with Gasteiger partial charge in [0, 0.05) is 10.9 Å². The van der Waals surface area contributed by atoms with Gasteiger partial charge in [0.25, 0.3) is 0 Å². The van der Waals surface area contributed by atoms with E-state index in [9.17, 15) is 0 Å². The molecule has 11 heavy (non-hydrogen) atoms. The van der Waals surface area contributed by atoms with E-state index in [-0.39, 0.29) is 0 Å². The standard InChI is InChI=1S/C8H10N2S/c9-10-7-11-6-8-4-2-1-3-5-8/h1-5,11H,6,9H2. The molecule has 1 rings (SSSR count). The predicted molar refractivity (Wildman–Crippen MR) is 50.8 cm³/mol. The number of benzene rings is 1. The van der Waals surface area contributed by atoms with Crippen LogP contribution in [0.3, 0.4) is 0 Å². The molecule has 0 aliphatic rings. The van der Waals surface area contributed by atoms with Crippen LogP contribution in [0.1, 0.15) is 5.56 Å². The van der Waals surface area contributed by atoms with E-state index < -0.39 is 0 Å². The third-order valence-corrected chi connectivity index (χ3v) is 2.01. The fourth-order valence-corrected chi connectivity index (χ4v) is 1.30. The average molecular weight is 166 g/mol. The highest BCUT2D eigenvalue weighted by Gasteiger charge is 1.83. The molecule has 0 spiro atoms. The zero-order valence-electron chi connectivity index (χ0n) is 6.07. The van der Waals surface area contributed by atoms with Crippen LogP contribution in [0.5, 0.6) is 0 Å². The summed E-state index contributed by atoms with van der Waals surface area (Å²) in [4.78, 5) is 0. The van der Waals surface area contributed by atoms with Gasteiger partial charge in [-0.1, -0.05) is 30.3 Å². The third-order valence-electron chi connectivity index (χ3n) is 1.23. The molecule has 0 radical (unpaired) electrons. The Labute approximate surface area is 69.7 Å². The zero-order chi connectivity index (χ0) is 7.94. The Balaban J connectivity index is 2.59. The SMILES string of the molecule is NN=C=[SH]Cc1ccccc1. The Morgan fingerprint density at radius 3 is 2.73 bits per heavy atom. The molecule has 1 aromatic carbocycles. The summed E-state index contributed by atoms with van der Waals surface area (Å²) >= 11 is 1.02. The number of rotatable bonds is 2. The highest BCUT2D eigenvalue weighted by molar-refractivity contribution is 7.96. The van der Waals surface area contributed by atoms with Crippen LogP contribution in [-0.4, -0.2) is 5.16 Å². The molecule has 0 aliphatic carbocycles. The van der Waals surface area contributed by atoms with E-state index in [0.29, 0.717) is 0 Å². The maximum atomic E-state index is 4.90. The Hall–Kier alpha value is -1.05. The van der Waals surface area contributed by atoms with Crippen LogP contribution in [-0.2, 0) is 5.75 Å². The van der Waals surface area contributed by atoms with Gasteiger partial charge in [-0.05, 0) is 5.56 Å². The summed E-state index contributed by atoms with van der Waals surface area (Å²) in [7, 11) is 0. The van der Waals surface area contributed by atoms with Gasteiger partial charge in [0.2, 0.25) is 0 Å². The minimum absolute atomic E-state index is 0.932. The molecule has 0 aromatic heterocycles. The van der Waals surface area contributed by atoms with E-state index in [1.807, 2.05) is 18.2 Å². The van der Waals surface area contributed by atoms with Gasteiger partial charge in [-0.15, -0.1) is 16.5 Å². The highest BCUT2D eigenvalue weighted by Crippen LogP contribution is 2.03. The first-order valence-corrected chi connectivity index (χ1v) is 4.37. The molecule has 0 unspecified atom stereocenters. The Bertz CT molecular complexity index is 263. The fraction of sp³-hybridized carbons (Fsp3) is 0.125. The van der Waals surface area contributed by atoms with Crippen LogP contribution in [0.15, 0.2) is 35.4 Å². The number of hydrazone groups is 1. The number of hydrogen-bond acceptors (Lipinski definition) is 2. The molecule has 2 N–H and O–H groups in total. The summed E-state index contributed by atoms with van der Waals surface area (Å²) in [5.74, 6) is 5.83. The number of hydrogen-bond donors (Lipinski definition) is 2. The van der Waals surface area contributed by atoms with Crippen LogP contribution in [0, 0.1) is 0 Å². The van der Waals surface area contributed by atoms with Crippen LogP contribution in [0.4, 0.5) is 0 Å². The monoisotopic (exact) mass is 166 g/mol. The van der Waals surface area contributed by atoms with Crippen LogP contribution in [0.2, 0.25) is 0 Å². The van der Waals surface area contributed by atoms with E-state index in [1.54, 1.807) is 0 Å². The normalized spacial score (nSPS) is 8.73. The van der Waals surface area contributed by atoms with Crippen LogP contribution in [0.25, 0.3) is 0 Å². The molecule has 0 aliphatic heterocycles. The van der Waals surface area contributed by atoms with E-state index in [2.05, 4.69) is 22.4 Å². The zero-order valence-corrected chi connectivity index (χ0v) is 6.96. The molecule has 3 heteroatoms. The van der Waals surface area contributed by atoms with Crippen molar-refractivity contribution in [2.75, 3.05) is 0 Å². The number of thiol groups is 1. The predicted octanol–water partition coefficient (Wildman–Crippen LogP) is 1.43. The lowest BCUT2D eigenvalue weighted by Gasteiger charge is -1.91. The Morgan fingerprint density at radius 2 is 2.09 bits per heavy atom. The minimum Gasteiger partial charge on any atom is -0.315 e. The van der Waals surface area contributed by atoms with Crippen molar-refractivity contribution < 1.29 is 0 Å². The number of nitrogens with two attached hydrogens (primary N) is 1. The molecule has 0 atom stereocenters. The van der Waals surface area contributed by atoms with Crippen LogP contribution < -0.4 is 5.84 Å². The summed E-state index contributed by atoms with van der Waals surface area (Å²) in [6.45, 7) is 0. The minimum atomic E-state index is 0.932. The maximum Gasteiger partial charge on any atom is 0.0353 e. The third kappa shape index (κ3) is 3.03. The van der Waals surface area contributed by atoms with Crippen molar-refractivity contribution in [1.82, 2.24) is 0 Å². The summed E-state index contributed by atoms with van der Waals surface area (Å²) < 4.78 is 0. The molecule has 0 amide bonds. The molecule has 2 nitrogen and oxygen atoms in total. The average Bonchev–Trinajstić information content (AvgIpc) is 2.07. The highest BCUT2D eigenvalue weighted by atomic mass is 32.1. The van der Waals surface area contributed by atoms with Gasteiger partial charge in [0.1, 0.15) is 0 Å². The van der Waals surface area contributed by atoms with Crippen molar-refractivity contribution in [3.05, 3.63) is 35.9 Å². The summed E-state index contributed by atoms with van der Waals surface area (Å²) in [5.41, 5.74) is 1.28. The van der Waals surface area contributed by atoms with Gasteiger partial charge in [-0.25, -0.2) is 0 Å². The first-order chi connectivity index (χ1) is 5.43. The lowest BCUT2D eigenvalue weighted by atomic mass is 10.2. The Kier molecular flexibility index (Phi) is 3.45.